The van der Waals surface area contributed by atoms with Crippen LogP contribution >= 0.6 is 0 Å². The van der Waals surface area contributed by atoms with Crippen molar-refractivity contribution in [2.24, 2.45) is 5.10 Å². The molecule has 1 heterocycles. The van der Waals surface area contributed by atoms with E-state index in [1.54, 1.807) is 24.3 Å². The fourth-order valence-electron chi connectivity index (χ4n) is 2.44. The first kappa shape index (κ1) is 17.8. The van der Waals surface area contributed by atoms with Gasteiger partial charge in [-0.05, 0) is 25.5 Å². The fraction of sp³-hybridized carbons (Fsp3) is 0.111. The van der Waals surface area contributed by atoms with E-state index in [4.69, 9.17) is 0 Å². The van der Waals surface area contributed by atoms with Gasteiger partial charge in [-0.1, -0.05) is 29.8 Å². The molecule has 8 heteroatoms. The number of carbonyl (C=O) groups is 1. The molecule has 0 atom stereocenters. The number of hydrogen-bond acceptors (Lipinski definition) is 2. The highest BCUT2D eigenvalue weighted by Gasteiger charge is 2.36. The van der Waals surface area contributed by atoms with Gasteiger partial charge in [0.1, 0.15) is 5.69 Å². The molecule has 134 valence electrons. The lowest BCUT2D eigenvalue weighted by Gasteiger charge is -2.15. The molecule has 0 radical (unpaired) electrons. The van der Waals surface area contributed by atoms with Crippen molar-refractivity contribution in [3.05, 3.63) is 70.1 Å². The molecule has 3 rings (SSSR count). The first-order chi connectivity index (χ1) is 12.2. The van der Waals surface area contributed by atoms with Crippen molar-refractivity contribution >= 4 is 23.4 Å². The zero-order valence-electron chi connectivity index (χ0n) is 13.6. The van der Waals surface area contributed by atoms with Crippen molar-refractivity contribution in [1.82, 2.24) is 0 Å². The summed E-state index contributed by atoms with van der Waals surface area (Å²) in [6.07, 6.45) is 1.42. The van der Waals surface area contributed by atoms with E-state index in [1.165, 1.54) is 13.0 Å². The van der Waals surface area contributed by atoms with Gasteiger partial charge < -0.3 is 0 Å². The molecule has 1 amide bonds. The number of amides is 1. The van der Waals surface area contributed by atoms with Crippen LogP contribution in [0.2, 0.25) is 0 Å². The number of rotatable bonds is 2. The van der Waals surface area contributed by atoms with Gasteiger partial charge in [-0.25, -0.2) is 22.0 Å². The Morgan fingerprint density at radius 3 is 1.88 bits per heavy atom. The van der Waals surface area contributed by atoms with E-state index in [0.717, 1.165) is 5.56 Å². The highest BCUT2D eigenvalue weighted by atomic mass is 19.2. The summed E-state index contributed by atoms with van der Waals surface area (Å²) >= 11 is 0. The first-order valence-electron chi connectivity index (χ1n) is 7.42. The second-order valence-corrected chi connectivity index (χ2v) is 5.69. The summed E-state index contributed by atoms with van der Waals surface area (Å²) in [6, 6.07) is 7.01. The second-order valence-electron chi connectivity index (χ2n) is 5.69. The van der Waals surface area contributed by atoms with Crippen LogP contribution in [-0.4, -0.2) is 11.6 Å². The molecule has 0 fully saturated rings. The number of nitrogens with zero attached hydrogens (tertiary/aromatic N) is 2. The highest BCUT2D eigenvalue weighted by Crippen LogP contribution is 2.33. The maximum absolute atomic E-state index is 13.9. The number of anilines is 1. The summed E-state index contributed by atoms with van der Waals surface area (Å²) < 4.78 is 67.9. The predicted molar refractivity (Wildman–Crippen MR) is 86.0 cm³/mol. The Morgan fingerprint density at radius 2 is 1.35 bits per heavy atom. The van der Waals surface area contributed by atoms with Crippen LogP contribution < -0.4 is 5.01 Å². The monoisotopic (exact) mass is 366 g/mol. The van der Waals surface area contributed by atoms with Gasteiger partial charge in [-0.2, -0.15) is 10.1 Å². The summed E-state index contributed by atoms with van der Waals surface area (Å²) in [4.78, 5) is 12.5. The Bertz CT molecular complexity index is 951. The van der Waals surface area contributed by atoms with Gasteiger partial charge in [0.2, 0.25) is 5.82 Å². The minimum atomic E-state index is -2.30. The van der Waals surface area contributed by atoms with Gasteiger partial charge in [0, 0.05) is 0 Å². The van der Waals surface area contributed by atoms with Crippen molar-refractivity contribution < 1.29 is 26.7 Å². The van der Waals surface area contributed by atoms with E-state index in [0.29, 0.717) is 5.56 Å². The van der Waals surface area contributed by atoms with Crippen LogP contribution in [-0.2, 0) is 4.79 Å². The van der Waals surface area contributed by atoms with Gasteiger partial charge in [0.05, 0.1) is 11.3 Å². The molecule has 1 aliphatic rings. The van der Waals surface area contributed by atoms with Crippen LogP contribution in [0.25, 0.3) is 6.08 Å². The Hall–Kier alpha value is -3.03. The van der Waals surface area contributed by atoms with Crippen LogP contribution in [0.3, 0.4) is 0 Å². The van der Waals surface area contributed by atoms with Crippen molar-refractivity contribution in [1.29, 1.82) is 0 Å². The molecule has 1 aliphatic heterocycles. The van der Waals surface area contributed by atoms with E-state index in [2.05, 4.69) is 5.10 Å². The number of benzene rings is 2. The average Bonchev–Trinajstić information content (AvgIpc) is 2.88. The summed E-state index contributed by atoms with van der Waals surface area (Å²) in [5.74, 6) is -11.8. The summed E-state index contributed by atoms with van der Waals surface area (Å²) in [5.41, 5.74) is 0.265. The van der Waals surface area contributed by atoms with Crippen molar-refractivity contribution in [2.45, 2.75) is 13.8 Å². The molecule has 0 aromatic heterocycles. The molecule has 0 N–H and O–H groups in total. The molecule has 0 unspecified atom stereocenters. The molecule has 0 aliphatic carbocycles. The summed E-state index contributed by atoms with van der Waals surface area (Å²) in [7, 11) is 0. The molecule has 0 saturated carbocycles. The molecule has 0 bridgehead atoms. The number of hydrogen-bond donors (Lipinski definition) is 0. The van der Waals surface area contributed by atoms with Crippen LogP contribution in [0.4, 0.5) is 27.6 Å². The van der Waals surface area contributed by atoms with E-state index < -0.39 is 40.7 Å². The number of aryl methyl sites for hydroxylation is 1. The van der Waals surface area contributed by atoms with Crippen molar-refractivity contribution in [3.63, 3.8) is 0 Å². The molecule has 2 aromatic carbocycles. The summed E-state index contributed by atoms with van der Waals surface area (Å²) in [6.45, 7) is 3.26. The number of hydrazone groups is 1. The normalized spacial score (nSPS) is 15.8. The lowest BCUT2D eigenvalue weighted by atomic mass is 10.1. The van der Waals surface area contributed by atoms with Crippen LogP contribution in [0.1, 0.15) is 18.1 Å². The lowest BCUT2D eigenvalue weighted by molar-refractivity contribution is -0.114. The SMILES string of the molecule is CC1=NN(c2c(F)c(F)c(F)c(F)c2F)C(=O)/C1=C/c1ccc(C)cc1. The largest absolute Gasteiger partial charge is 0.280 e. The third-order valence-electron chi connectivity index (χ3n) is 3.85. The predicted octanol–water partition coefficient (Wildman–Crippen LogP) is 4.50. The standard InChI is InChI=1S/C18H11F5N2O/c1-8-3-5-10(6-4-8)7-11-9(2)24-25(18(11)26)17-15(22)13(20)12(19)14(21)16(17)23/h3-7H,1-2H3/b11-7+. The van der Waals surface area contributed by atoms with E-state index in [1.807, 2.05) is 6.92 Å². The van der Waals surface area contributed by atoms with Gasteiger partial charge in [0.15, 0.2) is 23.3 Å². The Kier molecular flexibility index (Phi) is 4.35. The molecule has 26 heavy (non-hydrogen) atoms. The zero-order chi connectivity index (χ0) is 19.2. The fourth-order valence-corrected chi connectivity index (χ4v) is 2.44. The minimum Gasteiger partial charge on any atom is -0.267 e. The van der Waals surface area contributed by atoms with Crippen LogP contribution in [0.15, 0.2) is 34.9 Å². The summed E-state index contributed by atoms with van der Waals surface area (Å²) in [5, 5.41) is 3.85. The number of carbonyl (C=O) groups excluding carboxylic acids is 1. The number of halogens is 5. The van der Waals surface area contributed by atoms with E-state index in [9.17, 15) is 26.7 Å². The van der Waals surface area contributed by atoms with E-state index in [-0.39, 0.29) is 16.3 Å². The van der Waals surface area contributed by atoms with Gasteiger partial charge in [0.25, 0.3) is 5.91 Å². The van der Waals surface area contributed by atoms with Crippen molar-refractivity contribution in [3.8, 4) is 0 Å². The Morgan fingerprint density at radius 1 is 0.846 bits per heavy atom. The third-order valence-corrected chi connectivity index (χ3v) is 3.85. The van der Waals surface area contributed by atoms with Crippen molar-refractivity contribution in [2.75, 3.05) is 5.01 Å². The van der Waals surface area contributed by atoms with Gasteiger partial charge in [-0.15, -0.1) is 0 Å². The molecule has 0 saturated heterocycles. The Balaban J connectivity index is 2.08. The quantitative estimate of drug-likeness (QED) is 0.333. The minimum absolute atomic E-state index is 0.0159. The maximum Gasteiger partial charge on any atom is 0.280 e. The topological polar surface area (TPSA) is 32.7 Å². The molecule has 3 nitrogen and oxygen atoms in total. The lowest BCUT2D eigenvalue weighted by Crippen LogP contribution is -2.25. The van der Waals surface area contributed by atoms with Crippen LogP contribution in [0.5, 0.6) is 0 Å². The van der Waals surface area contributed by atoms with E-state index >= 15 is 0 Å². The highest BCUT2D eigenvalue weighted by molar-refractivity contribution is 6.32. The molecular weight excluding hydrogens is 355 g/mol. The third kappa shape index (κ3) is 2.77. The molecular formula is C18H11F5N2O. The molecule has 0 spiro atoms. The smallest absolute Gasteiger partial charge is 0.267 e. The van der Waals surface area contributed by atoms with Gasteiger partial charge in [-0.3, -0.25) is 4.79 Å². The van der Waals surface area contributed by atoms with Gasteiger partial charge >= 0.3 is 0 Å². The maximum atomic E-state index is 13.9. The Labute approximate surface area is 145 Å². The van der Waals surface area contributed by atoms with Crippen LogP contribution in [0, 0.1) is 36.0 Å². The molecule has 2 aromatic rings. The second kappa shape index (κ2) is 6.36. The first-order valence-corrected chi connectivity index (χ1v) is 7.42. The average molecular weight is 366 g/mol. The zero-order valence-corrected chi connectivity index (χ0v) is 13.6.